The number of anilines is 8. The van der Waals surface area contributed by atoms with Crippen LogP contribution >= 0.6 is 0 Å². The average molecular weight is 992 g/mol. The highest BCUT2D eigenvalue weighted by atomic mass is 28.3. The molecule has 5 heterocycles. The molecule has 0 amide bonds. The molecule has 0 aliphatic carbocycles. The Bertz CT molecular complexity index is 3490. The number of benzene rings is 6. The smallest absolute Gasteiger partial charge is 0.356 e. The monoisotopic (exact) mass is 991 g/mol. The van der Waals surface area contributed by atoms with E-state index in [1.807, 2.05) is 45.6 Å². The predicted octanol–water partition coefficient (Wildman–Crippen LogP) is 7.51. The van der Waals surface area contributed by atoms with E-state index in [0.717, 1.165) is 89.6 Å². The molecule has 13 nitrogen and oxygen atoms in total. The predicted molar refractivity (Wildman–Crippen MR) is 308 cm³/mol. The Labute approximate surface area is 435 Å². The van der Waals surface area contributed by atoms with E-state index in [2.05, 4.69) is 217 Å². The maximum atomic E-state index is 7.27. The van der Waals surface area contributed by atoms with Crippen molar-refractivity contribution in [3.05, 3.63) is 182 Å². The zero-order valence-electron chi connectivity index (χ0n) is 43.5. The fourth-order valence-electron chi connectivity index (χ4n) is 10.5. The Morgan fingerprint density at radius 2 is 1.19 bits per heavy atom. The van der Waals surface area contributed by atoms with Gasteiger partial charge in [0.05, 0.1) is 0 Å². The fourth-order valence-corrected chi connectivity index (χ4v) is 15.6. The van der Waals surface area contributed by atoms with E-state index < -0.39 is 14.9 Å². The van der Waals surface area contributed by atoms with Crippen molar-refractivity contribution in [3.63, 3.8) is 0 Å². The fraction of sp³-hybridized carbons (Fsp3) is 0.169. The Morgan fingerprint density at radius 1 is 0.608 bits per heavy atom. The zero-order valence-corrected chi connectivity index (χ0v) is 44.5. The van der Waals surface area contributed by atoms with Gasteiger partial charge in [-0.25, -0.2) is 19.9 Å². The van der Waals surface area contributed by atoms with Crippen molar-refractivity contribution in [3.8, 4) is 23.3 Å². The van der Waals surface area contributed by atoms with Gasteiger partial charge in [-0.3, -0.25) is 4.90 Å². The highest BCUT2D eigenvalue weighted by Crippen LogP contribution is 2.44. The van der Waals surface area contributed by atoms with Crippen molar-refractivity contribution >= 4 is 97.9 Å². The normalized spacial score (nSPS) is 14.1. The molecular formula is C59H58BN11O2Si. The summed E-state index contributed by atoms with van der Waals surface area (Å²) in [6.45, 7) is 3.54. The first-order valence-electron chi connectivity index (χ1n) is 24.7. The third kappa shape index (κ3) is 8.00. The third-order valence-electron chi connectivity index (χ3n) is 14.2. The number of hydrogen-bond acceptors (Lipinski definition) is 13. The molecule has 3 aliphatic heterocycles. The number of likely N-dealkylation sites (N-methyl/N-ethyl adjacent to an activating group) is 1. The maximum absolute atomic E-state index is 7.27. The zero-order chi connectivity index (χ0) is 51.4. The standard InChI is InChI=1S/C59H58BN11O2Si/c1-11-18-42(66(3)4)33-57-65-60(46-26-23-43(67(5)6)30-48(46)71(57)41-21-16-13-17-22-41)47-35-61-37-63-58(47)72-51-34-55-52(29-39(51)2)73-59-56(36-62-38-64-59)74(55)53-27-24-44(68(7)8)31-49(53)70(40-19-14-12-15-20-40)50-32-45(69(9)10)25-28-54(50)74/h11-38H,1-10H3/b18-11-,42-33+. The summed E-state index contributed by atoms with van der Waals surface area (Å²) in [7, 11) is 13.2. The highest BCUT2D eigenvalue weighted by Gasteiger charge is 2.55. The summed E-state index contributed by atoms with van der Waals surface area (Å²) >= 11 is 0. The van der Waals surface area contributed by atoms with Crippen LogP contribution in [0.4, 0.5) is 45.5 Å². The van der Waals surface area contributed by atoms with Gasteiger partial charge in [0.1, 0.15) is 30.0 Å². The minimum atomic E-state index is -3.39. The number of fused-ring (bicyclic) bond motifs is 9. The summed E-state index contributed by atoms with van der Waals surface area (Å²) in [6.07, 6.45) is 13.2. The van der Waals surface area contributed by atoms with E-state index in [1.165, 1.54) is 10.4 Å². The number of ether oxygens (including phenoxy) is 2. The number of nitrogens with zero attached hydrogens (tertiary/aromatic N) is 11. The molecule has 0 saturated heterocycles. The maximum Gasteiger partial charge on any atom is 0.356 e. The van der Waals surface area contributed by atoms with Crippen LogP contribution in [0.25, 0.3) is 0 Å². The van der Waals surface area contributed by atoms with Gasteiger partial charge in [-0.2, -0.15) is 0 Å². The molecule has 74 heavy (non-hydrogen) atoms. The van der Waals surface area contributed by atoms with Crippen molar-refractivity contribution in [2.75, 3.05) is 80.9 Å². The number of amidine groups is 1. The quantitative estimate of drug-likeness (QED) is 0.0948. The van der Waals surface area contributed by atoms with E-state index in [9.17, 15) is 0 Å². The summed E-state index contributed by atoms with van der Waals surface area (Å²) in [5, 5.41) is 4.34. The molecule has 8 aromatic rings. The van der Waals surface area contributed by atoms with Gasteiger partial charge in [-0.05, 0) is 114 Å². The summed E-state index contributed by atoms with van der Waals surface area (Å²) in [6, 6.07) is 45.5. The molecule has 11 rings (SSSR count). The molecule has 1 spiro atoms. The number of rotatable bonds is 11. The molecule has 0 saturated carbocycles. The lowest BCUT2D eigenvalue weighted by molar-refractivity contribution is 0.451. The van der Waals surface area contributed by atoms with Crippen LogP contribution in [0.15, 0.2) is 181 Å². The van der Waals surface area contributed by atoms with Crippen LogP contribution in [0.5, 0.6) is 23.3 Å². The molecule has 368 valence electrons. The summed E-state index contributed by atoms with van der Waals surface area (Å²) in [5.41, 5.74) is 12.0. The molecule has 0 bridgehead atoms. The third-order valence-corrected chi connectivity index (χ3v) is 19.0. The van der Waals surface area contributed by atoms with Crippen LogP contribution in [0.3, 0.4) is 0 Å². The van der Waals surface area contributed by atoms with Gasteiger partial charge in [0.15, 0.2) is 8.07 Å². The van der Waals surface area contributed by atoms with Gasteiger partial charge in [0.25, 0.3) is 0 Å². The molecule has 3 aliphatic rings. The van der Waals surface area contributed by atoms with Crippen molar-refractivity contribution in [2.45, 2.75) is 13.8 Å². The Hall–Kier alpha value is -8.69. The molecule has 2 aromatic heterocycles. The van der Waals surface area contributed by atoms with Crippen molar-refractivity contribution < 1.29 is 9.47 Å². The van der Waals surface area contributed by atoms with Crippen LogP contribution in [0, 0.1) is 6.92 Å². The SMILES string of the molecule is C/C=C\C(=C/C1=NB(c2cncnc2Oc2cc3c(cc2C)Oc2ncncc2[Si]32c3ccc(N(C)C)cc3N(c3ccccc3)c3cc(N(C)C)ccc32)c2ccc(N(C)C)cc2N1c1ccccc1)N(C)C. The van der Waals surface area contributed by atoms with Gasteiger partial charge in [0.2, 0.25) is 11.8 Å². The van der Waals surface area contributed by atoms with E-state index in [-0.39, 0.29) is 0 Å². The van der Waals surface area contributed by atoms with Gasteiger partial charge in [-0.1, -0.05) is 60.7 Å². The van der Waals surface area contributed by atoms with Crippen LogP contribution < -0.4 is 65.6 Å². The van der Waals surface area contributed by atoms with Crippen molar-refractivity contribution in [1.29, 1.82) is 0 Å². The van der Waals surface area contributed by atoms with E-state index in [1.54, 1.807) is 12.7 Å². The molecular weight excluding hydrogens is 934 g/mol. The van der Waals surface area contributed by atoms with Gasteiger partial charge in [0, 0.05) is 142 Å². The van der Waals surface area contributed by atoms with E-state index >= 15 is 0 Å². The highest BCUT2D eigenvalue weighted by molar-refractivity contribution is 7.22. The summed E-state index contributed by atoms with van der Waals surface area (Å²) in [5.74, 6) is 3.08. The largest absolute Gasteiger partial charge is 0.439 e. The number of hydrogen-bond donors (Lipinski definition) is 0. The van der Waals surface area contributed by atoms with Gasteiger partial charge in [-0.15, -0.1) is 0 Å². The van der Waals surface area contributed by atoms with E-state index in [4.69, 9.17) is 29.3 Å². The minimum Gasteiger partial charge on any atom is -0.439 e. The lowest BCUT2D eigenvalue weighted by atomic mass is 9.50. The molecule has 0 N–H and O–H groups in total. The van der Waals surface area contributed by atoms with Crippen LogP contribution in [0.1, 0.15) is 12.5 Å². The van der Waals surface area contributed by atoms with Crippen LogP contribution in [-0.2, 0) is 0 Å². The number of para-hydroxylation sites is 2. The van der Waals surface area contributed by atoms with Crippen LogP contribution in [-0.4, -0.2) is 102 Å². The number of allylic oxidation sites excluding steroid dienone is 2. The number of aryl methyl sites for hydroxylation is 1. The van der Waals surface area contributed by atoms with Crippen molar-refractivity contribution in [1.82, 2.24) is 24.8 Å². The lowest BCUT2D eigenvalue weighted by Gasteiger charge is -2.47. The van der Waals surface area contributed by atoms with E-state index in [0.29, 0.717) is 17.5 Å². The molecule has 0 fully saturated rings. The summed E-state index contributed by atoms with van der Waals surface area (Å²) < 4.78 is 14.2. The van der Waals surface area contributed by atoms with Crippen LogP contribution in [0.2, 0.25) is 0 Å². The Morgan fingerprint density at radius 3 is 1.80 bits per heavy atom. The average Bonchev–Trinajstić information content (AvgIpc) is 3.42. The molecule has 6 aromatic carbocycles. The minimum absolute atomic E-state index is 0.402. The van der Waals surface area contributed by atoms with Crippen molar-refractivity contribution in [2.24, 2.45) is 4.90 Å². The Kier molecular flexibility index (Phi) is 12.3. The second-order valence-corrected chi connectivity index (χ2v) is 23.3. The molecule has 15 heteroatoms. The first kappa shape index (κ1) is 47.6. The van der Waals surface area contributed by atoms with Gasteiger partial charge < -0.3 is 38.9 Å². The summed E-state index contributed by atoms with van der Waals surface area (Å²) in [4.78, 5) is 38.0. The second kappa shape index (κ2) is 19.1. The molecule has 0 unspecified atom stereocenters. The lowest BCUT2D eigenvalue weighted by Crippen LogP contribution is -2.78. The first-order valence-corrected chi connectivity index (χ1v) is 26.7. The topological polar surface area (TPSA) is 102 Å². The Balaban J connectivity index is 1.13. The molecule has 0 radical (unpaired) electrons. The molecule has 0 atom stereocenters. The number of aromatic nitrogens is 4. The first-order chi connectivity index (χ1) is 35.9. The second-order valence-electron chi connectivity index (χ2n) is 19.6. The van der Waals surface area contributed by atoms with Gasteiger partial charge >= 0.3 is 6.85 Å².